The molecule has 0 atom stereocenters. The first kappa shape index (κ1) is 21.1. The zero-order chi connectivity index (χ0) is 17.8. The highest BCUT2D eigenvalue weighted by atomic mass is 16.5. The summed E-state index contributed by atoms with van der Waals surface area (Å²) in [4.78, 5) is 5.11. The minimum absolute atomic E-state index is 0.255. The van der Waals surface area contributed by atoms with E-state index in [9.17, 15) is 0 Å². The molecule has 0 aromatic carbocycles. The summed E-state index contributed by atoms with van der Waals surface area (Å²) >= 11 is 0. The summed E-state index contributed by atoms with van der Waals surface area (Å²) in [5.41, 5.74) is 0. The first-order chi connectivity index (χ1) is 12.3. The molecule has 2 aliphatic heterocycles. The molecule has 0 aromatic heterocycles. The molecule has 2 rings (SSSR count). The molecule has 0 radical (unpaired) electrons. The Balaban J connectivity index is 2.07. The summed E-state index contributed by atoms with van der Waals surface area (Å²) in [6.07, 6.45) is 9.85. The predicted molar refractivity (Wildman–Crippen MR) is 102 cm³/mol. The van der Waals surface area contributed by atoms with Crippen molar-refractivity contribution >= 4 is 0 Å². The molecule has 0 aliphatic carbocycles. The number of unbranched alkanes of at least 4 members (excludes halogenated alkanes) is 5. The van der Waals surface area contributed by atoms with E-state index in [1.807, 2.05) is 0 Å². The molecule has 0 N–H and O–H groups in total. The quantitative estimate of drug-likeness (QED) is 0.500. The Morgan fingerprint density at radius 2 is 1.24 bits per heavy atom. The Morgan fingerprint density at radius 1 is 0.720 bits per heavy atom. The molecule has 0 aromatic rings. The number of hydrogen-bond acceptors (Lipinski definition) is 5. The smallest absolute Gasteiger partial charge is 0.179 e. The second-order valence-electron chi connectivity index (χ2n) is 7.31. The standard InChI is InChI=1S/C20H40N2O3/c1-3-5-7-9-15-25-20(10-8-6-4-2,21-11-16-23-17-12-21)22-13-18-24-19-14-22/h3-19H2,1-2H3. The molecule has 0 spiro atoms. The molecular formula is C20H40N2O3. The monoisotopic (exact) mass is 356 g/mol. The zero-order valence-corrected chi connectivity index (χ0v) is 16.6. The van der Waals surface area contributed by atoms with Crippen LogP contribution in [0.15, 0.2) is 0 Å². The van der Waals surface area contributed by atoms with Gasteiger partial charge in [0, 0.05) is 32.6 Å². The summed E-state index contributed by atoms with van der Waals surface area (Å²) < 4.78 is 18.0. The van der Waals surface area contributed by atoms with Gasteiger partial charge in [0.1, 0.15) is 0 Å². The number of hydrogen-bond donors (Lipinski definition) is 0. The second-order valence-corrected chi connectivity index (χ2v) is 7.31. The maximum absolute atomic E-state index is 6.74. The van der Waals surface area contributed by atoms with Gasteiger partial charge in [-0.25, -0.2) is 0 Å². The van der Waals surface area contributed by atoms with E-state index in [1.54, 1.807) is 0 Å². The van der Waals surface area contributed by atoms with Crippen LogP contribution in [0.2, 0.25) is 0 Å². The van der Waals surface area contributed by atoms with Gasteiger partial charge in [-0.15, -0.1) is 0 Å². The molecule has 148 valence electrons. The van der Waals surface area contributed by atoms with Crippen LogP contribution in [0.5, 0.6) is 0 Å². The zero-order valence-electron chi connectivity index (χ0n) is 16.6. The average molecular weight is 357 g/mol. The summed E-state index contributed by atoms with van der Waals surface area (Å²) in [7, 11) is 0. The SMILES string of the molecule is CCCCCCOC(CCCCC)(N1CCOCC1)N1CCOCC1. The van der Waals surface area contributed by atoms with Crippen molar-refractivity contribution in [3.63, 3.8) is 0 Å². The summed E-state index contributed by atoms with van der Waals surface area (Å²) in [6, 6.07) is 0. The van der Waals surface area contributed by atoms with E-state index < -0.39 is 0 Å². The van der Waals surface area contributed by atoms with Crippen molar-refractivity contribution in [1.82, 2.24) is 9.80 Å². The van der Waals surface area contributed by atoms with E-state index in [0.29, 0.717) is 0 Å². The van der Waals surface area contributed by atoms with E-state index in [0.717, 1.165) is 72.1 Å². The molecule has 2 fully saturated rings. The lowest BCUT2D eigenvalue weighted by Crippen LogP contribution is -2.66. The minimum Gasteiger partial charge on any atom is -0.379 e. The highest BCUT2D eigenvalue weighted by molar-refractivity contribution is 4.86. The summed E-state index contributed by atoms with van der Waals surface area (Å²) in [5, 5.41) is 0. The number of rotatable bonds is 12. The minimum atomic E-state index is -0.255. The Bertz CT molecular complexity index is 311. The van der Waals surface area contributed by atoms with Crippen molar-refractivity contribution in [2.75, 3.05) is 59.2 Å². The van der Waals surface area contributed by atoms with E-state index in [4.69, 9.17) is 14.2 Å². The van der Waals surface area contributed by atoms with E-state index in [-0.39, 0.29) is 5.85 Å². The highest BCUT2D eigenvalue weighted by Gasteiger charge is 2.44. The maximum atomic E-state index is 6.74. The lowest BCUT2D eigenvalue weighted by atomic mass is 10.1. The van der Waals surface area contributed by atoms with Crippen LogP contribution in [-0.4, -0.2) is 74.9 Å². The third-order valence-electron chi connectivity index (χ3n) is 5.45. The van der Waals surface area contributed by atoms with Gasteiger partial charge >= 0.3 is 0 Å². The van der Waals surface area contributed by atoms with E-state index >= 15 is 0 Å². The van der Waals surface area contributed by atoms with Crippen LogP contribution in [0.4, 0.5) is 0 Å². The van der Waals surface area contributed by atoms with Crippen molar-refractivity contribution in [2.24, 2.45) is 0 Å². The Kier molecular flexibility index (Phi) is 10.3. The lowest BCUT2D eigenvalue weighted by molar-refractivity contribution is -0.276. The Morgan fingerprint density at radius 3 is 1.76 bits per heavy atom. The molecule has 0 amide bonds. The van der Waals surface area contributed by atoms with Gasteiger partial charge in [0.25, 0.3) is 0 Å². The van der Waals surface area contributed by atoms with E-state index in [1.165, 1.54) is 38.5 Å². The van der Waals surface area contributed by atoms with Crippen LogP contribution in [0.3, 0.4) is 0 Å². The molecule has 5 heteroatoms. The molecule has 0 saturated carbocycles. The van der Waals surface area contributed by atoms with Gasteiger partial charge in [-0.2, -0.15) is 0 Å². The van der Waals surface area contributed by atoms with Crippen LogP contribution >= 0.6 is 0 Å². The molecule has 0 bridgehead atoms. The lowest BCUT2D eigenvalue weighted by Gasteiger charge is -2.52. The van der Waals surface area contributed by atoms with Crippen molar-refractivity contribution in [3.8, 4) is 0 Å². The van der Waals surface area contributed by atoms with Crippen LogP contribution in [0.25, 0.3) is 0 Å². The van der Waals surface area contributed by atoms with Gasteiger partial charge in [0.2, 0.25) is 0 Å². The van der Waals surface area contributed by atoms with Crippen LogP contribution in [0, 0.1) is 0 Å². The van der Waals surface area contributed by atoms with Crippen LogP contribution in [0.1, 0.15) is 65.2 Å². The second kappa shape index (κ2) is 12.2. The van der Waals surface area contributed by atoms with Gasteiger partial charge in [0.05, 0.1) is 33.0 Å². The first-order valence-corrected chi connectivity index (χ1v) is 10.6. The third kappa shape index (κ3) is 6.47. The van der Waals surface area contributed by atoms with Gasteiger partial charge in [-0.1, -0.05) is 46.0 Å². The van der Waals surface area contributed by atoms with Crippen molar-refractivity contribution in [3.05, 3.63) is 0 Å². The number of ether oxygens (including phenoxy) is 3. The predicted octanol–water partition coefficient (Wildman–Crippen LogP) is 3.48. The number of nitrogens with zero attached hydrogens (tertiary/aromatic N) is 2. The number of morpholine rings is 2. The molecule has 5 nitrogen and oxygen atoms in total. The highest BCUT2D eigenvalue weighted by Crippen LogP contribution is 2.31. The van der Waals surface area contributed by atoms with Gasteiger partial charge in [-0.05, 0) is 12.8 Å². The molecule has 2 heterocycles. The van der Waals surface area contributed by atoms with Gasteiger partial charge in [-0.3, -0.25) is 9.80 Å². The van der Waals surface area contributed by atoms with Crippen LogP contribution in [-0.2, 0) is 14.2 Å². The fourth-order valence-electron chi connectivity index (χ4n) is 3.97. The van der Waals surface area contributed by atoms with Crippen molar-refractivity contribution < 1.29 is 14.2 Å². The fourth-order valence-corrected chi connectivity index (χ4v) is 3.97. The summed E-state index contributed by atoms with van der Waals surface area (Å²) in [5.74, 6) is -0.255. The first-order valence-electron chi connectivity index (χ1n) is 10.6. The van der Waals surface area contributed by atoms with Crippen molar-refractivity contribution in [1.29, 1.82) is 0 Å². The van der Waals surface area contributed by atoms with Gasteiger partial charge in [0.15, 0.2) is 5.85 Å². The van der Waals surface area contributed by atoms with Crippen molar-refractivity contribution in [2.45, 2.75) is 71.1 Å². The fraction of sp³-hybridized carbons (Fsp3) is 1.00. The summed E-state index contributed by atoms with van der Waals surface area (Å²) in [6.45, 7) is 12.6. The maximum Gasteiger partial charge on any atom is 0.179 e. The van der Waals surface area contributed by atoms with E-state index in [2.05, 4.69) is 23.6 Å². The molecule has 2 aliphatic rings. The molecule has 25 heavy (non-hydrogen) atoms. The average Bonchev–Trinajstić information content (AvgIpc) is 2.68. The largest absolute Gasteiger partial charge is 0.379 e. The van der Waals surface area contributed by atoms with Crippen LogP contribution < -0.4 is 0 Å². The normalized spacial score (nSPS) is 20.9. The third-order valence-corrected chi connectivity index (χ3v) is 5.45. The Hall–Kier alpha value is -0.200. The molecule has 0 unspecified atom stereocenters. The molecule has 2 saturated heterocycles. The molecular weight excluding hydrogens is 316 g/mol. The Labute approximate surface area is 155 Å². The topological polar surface area (TPSA) is 34.2 Å². The van der Waals surface area contributed by atoms with Gasteiger partial charge < -0.3 is 14.2 Å².